The zero-order valence-electron chi connectivity index (χ0n) is 18.3. The quantitative estimate of drug-likeness (QED) is 0.755. The van der Waals surface area contributed by atoms with Crippen LogP contribution in [0.15, 0.2) is 48.5 Å². The number of carbonyl (C=O) groups is 3. The van der Waals surface area contributed by atoms with Gasteiger partial charge in [0.25, 0.3) is 5.91 Å². The van der Waals surface area contributed by atoms with E-state index in [9.17, 15) is 14.4 Å². The van der Waals surface area contributed by atoms with Crippen molar-refractivity contribution in [1.82, 2.24) is 15.1 Å². The molecule has 3 heterocycles. The maximum atomic E-state index is 12.9. The minimum atomic E-state index is -0.555. The number of nitrogens with one attached hydrogen (secondary N) is 1. The first-order valence-corrected chi connectivity index (χ1v) is 11.6. The number of hydrogen-bond donors (Lipinski definition) is 1. The molecule has 0 spiro atoms. The number of benzene rings is 2. The molecular weight excluding hydrogens is 402 g/mol. The van der Waals surface area contributed by atoms with Crippen molar-refractivity contribution in [2.24, 2.45) is 0 Å². The normalized spacial score (nSPS) is 24.2. The van der Waals surface area contributed by atoms with Crippen LogP contribution < -0.4 is 5.32 Å². The second-order valence-electron chi connectivity index (χ2n) is 9.21. The lowest BCUT2D eigenvalue weighted by atomic mass is 9.90. The first-order valence-electron chi connectivity index (χ1n) is 11.6. The van der Waals surface area contributed by atoms with Crippen molar-refractivity contribution in [2.75, 3.05) is 13.1 Å². The molecule has 0 aromatic heterocycles. The number of amides is 3. The molecule has 0 unspecified atom stereocenters. The Labute approximate surface area is 188 Å². The van der Waals surface area contributed by atoms with Gasteiger partial charge in [-0.15, -0.1) is 0 Å². The van der Waals surface area contributed by atoms with E-state index in [1.54, 1.807) is 4.90 Å². The minimum Gasteiger partial charge on any atom is -0.322 e. The molecule has 1 N–H and O–H groups in total. The highest BCUT2D eigenvalue weighted by Crippen LogP contribution is 2.33. The van der Waals surface area contributed by atoms with Crippen LogP contribution >= 0.6 is 0 Å². The van der Waals surface area contributed by atoms with Gasteiger partial charge in [0.05, 0.1) is 0 Å². The summed E-state index contributed by atoms with van der Waals surface area (Å²) in [7, 11) is 0. The van der Waals surface area contributed by atoms with Crippen molar-refractivity contribution < 1.29 is 14.4 Å². The SMILES string of the molecule is O=C1CC[C@@H](N2Cc3cc([C@H]4CCCN(Cc5ccccc5)CC4)ccc3C2=O)C(=O)N1. The lowest BCUT2D eigenvalue weighted by Crippen LogP contribution is -2.52. The van der Waals surface area contributed by atoms with Gasteiger partial charge in [-0.2, -0.15) is 0 Å². The summed E-state index contributed by atoms with van der Waals surface area (Å²) in [5.41, 5.74) is 4.35. The average Bonchev–Trinajstić information content (AvgIpc) is 2.95. The molecule has 0 radical (unpaired) electrons. The molecule has 3 aliphatic heterocycles. The molecule has 5 rings (SSSR count). The van der Waals surface area contributed by atoms with Crippen LogP contribution in [0.3, 0.4) is 0 Å². The average molecular weight is 432 g/mol. The van der Waals surface area contributed by atoms with E-state index in [0.29, 0.717) is 24.4 Å². The second kappa shape index (κ2) is 8.87. The molecule has 0 aliphatic carbocycles. The predicted molar refractivity (Wildman–Crippen MR) is 121 cm³/mol. The van der Waals surface area contributed by atoms with Crippen LogP contribution in [-0.2, 0) is 22.7 Å². The molecule has 2 aromatic rings. The van der Waals surface area contributed by atoms with Gasteiger partial charge in [0.1, 0.15) is 6.04 Å². The van der Waals surface area contributed by atoms with Gasteiger partial charge in [0.2, 0.25) is 11.8 Å². The van der Waals surface area contributed by atoms with E-state index in [1.165, 1.54) is 11.1 Å². The summed E-state index contributed by atoms with van der Waals surface area (Å²) in [4.78, 5) is 40.8. The molecule has 2 fully saturated rings. The largest absolute Gasteiger partial charge is 0.322 e. The van der Waals surface area contributed by atoms with Crippen LogP contribution in [0.4, 0.5) is 0 Å². The van der Waals surface area contributed by atoms with E-state index in [0.717, 1.165) is 44.5 Å². The lowest BCUT2D eigenvalue weighted by Gasteiger charge is -2.29. The fraction of sp³-hybridized carbons (Fsp3) is 0.423. The Kier molecular flexibility index (Phi) is 5.79. The van der Waals surface area contributed by atoms with E-state index >= 15 is 0 Å². The van der Waals surface area contributed by atoms with Crippen LogP contribution in [0.1, 0.15) is 65.1 Å². The van der Waals surface area contributed by atoms with Gasteiger partial charge in [-0.25, -0.2) is 0 Å². The Morgan fingerprint density at radius 2 is 1.78 bits per heavy atom. The van der Waals surface area contributed by atoms with Crippen molar-refractivity contribution >= 4 is 17.7 Å². The van der Waals surface area contributed by atoms with Crippen molar-refractivity contribution in [2.45, 2.75) is 57.2 Å². The van der Waals surface area contributed by atoms with Gasteiger partial charge in [0, 0.05) is 25.1 Å². The maximum Gasteiger partial charge on any atom is 0.255 e. The highest BCUT2D eigenvalue weighted by molar-refractivity contribution is 6.05. The number of piperidine rings is 1. The molecule has 2 atom stereocenters. The van der Waals surface area contributed by atoms with Crippen molar-refractivity contribution in [1.29, 1.82) is 0 Å². The molecule has 6 nitrogen and oxygen atoms in total. The number of carbonyl (C=O) groups excluding carboxylic acids is 3. The molecule has 6 heteroatoms. The summed E-state index contributed by atoms with van der Waals surface area (Å²) in [6, 6.07) is 16.3. The topological polar surface area (TPSA) is 69.7 Å². The molecule has 2 aromatic carbocycles. The molecule has 166 valence electrons. The second-order valence-corrected chi connectivity index (χ2v) is 9.21. The summed E-state index contributed by atoms with van der Waals surface area (Å²) < 4.78 is 0. The monoisotopic (exact) mass is 431 g/mol. The van der Waals surface area contributed by atoms with Crippen LogP contribution in [0, 0.1) is 0 Å². The summed E-state index contributed by atoms with van der Waals surface area (Å²) in [5.74, 6) is -0.228. The van der Waals surface area contributed by atoms with E-state index < -0.39 is 6.04 Å². The number of hydrogen-bond acceptors (Lipinski definition) is 4. The third-order valence-electron chi connectivity index (χ3n) is 7.09. The number of rotatable bonds is 4. The maximum absolute atomic E-state index is 12.9. The first kappa shape index (κ1) is 20.9. The minimum absolute atomic E-state index is 0.101. The number of imide groups is 1. The standard InChI is InChI=1S/C26H29N3O3/c30-24-11-10-23(25(31)27-24)29-17-21-15-20(8-9-22(21)26(29)32)19-7-4-13-28(14-12-19)16-18-5-2-1-3-6-18/h1-3,5-6,8-9,15,19,23H,4,7,10-14,16-17H2,(H,27,30,31)/t19-,23+/m0/s1. The highest BCUT2D eigenvalue weighted by Gasteiger charge is 2.39. The summed E-state index contributed by atoms with van der Waals surface area (Å²) >= 11 is 0. The molecule has 32 heavy (non-hydrogen) atoms. The molecule has 3 amide bonds. The van der Waals surface area contributed by atoms with Crippen LogP contribution in [-0.4, -0.2) is 46.7 Å². The van der Waals surface area contributed by atoms with Gasteiger partial charge in [-0.05, 0) is 67.4 Å². The van der Waals surface area contributed by atoms with Gasteiger partial charge < -0.3 is 4.90 Å². The van der Waals surface area contributed by atoms with Gasteiger partial charge in [0.15, 0.2) is 0 Å². The lowest BCUT2D eigenvalue weighted by molar-refractivity contribution is -0.136. The van der Waals surface area contributed by atoms with E-state index in [-0.39, 0.29) is 24.1 Å². The van der Waals surface area contributed by atoms with Crippen molar-refractivity contribution in [3.05, 3.63) is 70.8 Å². The number of nitrogens with zero attached hydrogens (tertiary/aromatic N) is 2. The Bertz CT molecular complexity index is 1040. The molecule has 3 aliphatic rings. The Hall–Kier alpha value is -2.99. The zero-order chi connectivity index (χ0) is 22.1. The summed E-state index contributed by atoms with van der Waals surface area (Å²) in [6.07, 6.45) is 4.10. The Morgan fingerprint density at radius 1 is 0.938 bits per heavy atom. The zero-order valence-corrected chi connectivity index (χ0v) is 18.3. The number of likely N-dealkylation sites (tertiary alicyclic amines) is 1. The van der Waals surface area contributed by atoms with Crippen molar-refractivity contribution in [3.63, 3.8) is 0 Å². The fourth-order valence-electron chi connectivity index (χ4n) is 5.34. The highest BCUT2D eigenvalue weighted by atomic mass is 16.2. The number of fused-ring (bicyclic) bond motifs is 1. The van der Waals surface area contributed by atoms with Crippen LogP contribution in [0.2, 0.25) is 0 Å². The van der Waals surface area contributed by atoms with Crippen LogP contribution in [0.5, 0.6) is 0 Å². The third kappa shape index (κ3) is 4.19. The van der Waals surface area contributed by atoms with E-state index in [4.69, 9.17) is 0 Å². The van der Waals surface area contributed by atoms with Crippen molar-refractivity contribution in [3.8, 4) is 0 Å². The van der Waals surface area contributed by atoms with Crippen LogP contribution in [0.25, 0.3) is 0 Å². The van der Waals surface area contributed by atoms with Gasteiger partial charge in [-0.1, -0.05) is 42.5 Å². The molecular formula is C26H29N3O3. The van der Waals surface area contributed by atoms with Gasteiger partial charge >= 0.3 is 0 Å². The summed E-state index contributed by atoms with van der Waals surface area (Å²) in [5, 5.41) is 2.37. The summed E-state index contributed by atoms with van der Waals surface area (Å²) in [6.45, 7) is 3.62. The Morgan fingerprint density at radius 3 is 2.59 bits per heavy atom. The predicted octanol–water partition coefficient (Wildman–Crippen LogP) is 3.22. The molecule has 0 bridgehead atoms. The van der Waals surface area contributed by atoms with Gasteiger partial charge in [-0.3, -0.25) is 24.6 Å². The van der Waals surface area contributed by atoms with E-state index in [2.05, 4.69) is 52.7 Å². The fourth-order valence-corrected chi connectivity index (χ4v) is 5.34. The third-order valence-corrected chi connectivity index (χ3v) is 7.09. The Balaban J connectivity index is 1.26. The molecule has 0 saturated carbocycles. The first-order chi connectivity index (χ1) is 15.6. The smallest absolute Gasteiger partial charge is 0.255 e. The molecule has 2 saturated heterocycles. The van der Waals surface area contributed by atoms with E-state index in [1.807, 2.05) is 6.07 Å².